The summed E-state index contributed by atoms with van der Waals surface area (Å²) in [4.78, 5) is 42.9. The van der Waals surface area contributed by atoms with Crippen LogP contribution in [0, 0.1) is 39.9 Å². The monoisotopic (exact) mass is 541 g/mol. The van der Waals surface area contributed by atoms with E-state index in [9.17, 15) is 14.4 Å². The SMILES string of the molecule is C/C(=N\OC(=O)N(COC=O)CC1CC(C)(C)CN1)[C@H]1CC[C@H]2[C@@H]3CCC4=CC(=O)CC[C@]4(C)[C@H]3CC[C@]12C. The molecule has 39 heavy (non-hydrogen) atoms. The number of hydrogen-bond donors (Lipinski definition) is 1. The van der Waals surface area contributed by atoms with Crippen molar-refractivity contribution < 1.29 is 24.0 Å². The number of hydrogen-bond acceptors (Lipinski definition) is 7. The molecule has 1 amide bonds. The van der Waals surface area contributed by atoms with E-state index in [-0.39, 0.29) is 34.9 Å². The third kappa shape index (κ3) is 5.30. The summed E-state index contributed by atoms with van der Waals surface area (Å²) in [6, 6.07) is 0.118. The van der Waals surface area contributed by atoms with Crippen LogP contribution in [0.15, 0.2) is 16.8 Å². The van der Waals surface area contributed by atoms with Gasteiger partial charge in [-0.1, -0.05) is 38.4 Å². The second-order valence-corrected chi connectivity index (χ2v) is 14.3. The largest absolute Gasteiger partial charge is 0.446 e. The molecule has 8 heteroatoms. The van der Waals surface area contributed by atoms with E-state index in [1.165, 1.54) is 29.7 Å². The van der Waals surface area contributed by atoms with Crippen LogP contribution < -0.4 is 5.32 Å². The summed E-state index contributed by atoms with van der Waals surface area (Å²) in [5.74, 6) is 2.55. The van der Waals surface area contributed by atoms with Crippen molar-refractivity contribution in [3.8, 4) is 0 Å². The van der Waals surface area contributed by atoms with E-state index in [0.717, 1.165) is 44.4 Å². The van der Waals surface area contributed by atoms with Gasteiger partial charge >= 0.3 is 6.09 Å². The number of oxime groups is 1. The van der Waals surface area contributed by atoms with Crippen LogP contribution in [0.2, 0.25) is 0 Å². The highest BCUT2D eigenvalue weighted by Gasteiger charge is 2.59. The summed E-state index contributed by atoms with van der Waals surface area (Å²) >= 11 is 0. The maximum absolute atomic E-state index is 13.0. The quantitative estimate of drug-likeness (QED) is 0.151. The number of rotatable bonds is 7. The van der Waals surface area contributed by atoms with Crippen molar-refractivity contribution in [1.82, 2.24) is 10.2 Å². The fraction of sp³-hybridized carbons (Fsp3) is 0.806. The van der Waals surface area contributed by atoms with E-state index >= 15 is 0 Å². The molecule has 1 N–H and O–H groups in total. The van der Waals surface area contributed by atoms with Crippen molar-refractivity contribution in [3.05, 3.63) is 11.6 Å². The minimum Gasteiger partial charge on any atom is -0.446 e. The maximum Gasteiger partial charge on any atom is 0.438 e. The molecule has 216 valence electrons. The zero-order valence-electron chi connectivity index (χ0n) is 24.5. The first-order chi connectivity index (χ1) is 18.5. The van der Waals surface area contributed by atoms with E-state index in [1.807, 2.05) is 13.0 Å². The molecule has 0 aromatic carbocycles. The lowest BCUT2D eigenvalue weighted by Gasteiger charge is -2.58. The average molecular weight is 542 g/mol. The summed E-state index contributed by atoms with van der Waals surface area (Å²) in [6.45, 7) is 12.7. The molecule has 1 saturated heterocycles. The molecule has 1 unspecified atom stereocenters. The Balaban J connectivity index is 1.25. The topological polar surface area (TPSA) is 97.3 Å². The van der Waals surface area contributed by atoms with Crippen molar-refractivity contribution in [2.75, 3.05) is 19.8 Å². The van der Waals surface area contributed by atoms with Crippen LogP contribution >= 0.6 is 0 Å². The van der Waals surface area contributed by atoms with Gasteiger partial charge in [-0.2, -0.15) is 0 Å². The molecular weight excluding hydrogens is 494 g/mol. The summed E-state index contributed by atoms with van der Waals surface area (Å²) in [5, 5.41) is 7.83. The molecule has 7 atom stereocenters. The van der Waals surface area contributed by atoms with Gasteiger partial charge in [-0.3, -0.25) is 19.3 Å². The molecule has 0 radical (unpaired) electrons. The molecule has 5 rings (SSSR count). The van der Waals surface area contributed by atoms with Gasteiger partial charge in [0, 0.05) is 31.5 Å². The van der Waals surface area contributed by atoms with Crippen molar-refractivity contribution >= 4 is 24.1 Å². The third-order valence-corrected chi connectivity index (χ3v) is 11.4. The molecule has 0 aromatic rings. The summed E-state index contributed by atoms with van der Waals surface area (Å²) in [5.41, 5.74) is 2.76. The number of amides is 1. The van der Waals surface area contributed by atoms with E-state index < -0.39 is 6.09 Å². The first kappa shape index (κ1) is 28.3. The van der Waals surface area contributed by atoms with Crippen LogP contribution in [0.1, 0.15) is 92.4 Å². The summed E-state index contributed by atoms with van der Waals surface area (Å²) < 4.78 is 4.92. The highest BCUT2D eigenvalue weighted by molar-refractivity contribution is 5.91. The van der Waals surface area contributed by atoms with Gasteiger partial charge in [-0.05, 0) is 98.4 Å². The zero-order valence-corrected chi connectivity index (χ0v) is 24.5. The third-order valence-electron chi connectivity index (χ3n) is 11.4. The fourth-order valence-electron chi connectivity index (χ4n) is 9.41. The van der Waals surface area contributed by atoms with Crippen molar-refractivity contribution in [2.45, 2.75) is 98.4 Å². The van der Waals surface area contributed by atoms with E-state index in [2.05, 4.69) is 38.2 Å². The lowest BCUT2D eigenvalue weighted by molar-refractivity contribution is -0.132. The van der Waals surface area contributed by atoms with Gasteiger partial charge in [0.1, 0.15) is 0 Å². The number of fused-ring (bicyclic) bond motifs is 5. The molecule has 0 bridgehead atoms. The van der Waals surface area contributed by atoms with E-state index in [4.69, 9.17) is 9.57 Å². The minimum atomic E-state index is -0.586. The van der Waals surface area contributed by atoms with Crippen LogP contribution in [0.25, 0.3) is 0 Å². The zero-order chi connectivity index (χ0) is 28.0. The number of ether oxygens (including phenoxy) is 1. The Morgan fingerprint density at radius 3 is 2.64 bits per heavy atom. The Hall–Kier alpha value is -2.22. The molecule has 1 heterocycles. The Morgan fingerprint density at radius 1 is 1.13 bits per heavy atom. The van der Waals surface area contributed by atoms with Gasteiger partial charge in [0.05, 0.1) is 5.71 Å². The van der Waals surface area contributed by atoms with Crippen LogP contribution in [0.4, 0.5) is 4.79 Å². The van der Waals surface area contributed by atoms with Crippen LogP contribution in [0.3, 0.4) is 0 Å². The van der Waals surface area contributed by atoms with E-state index in [1.54, 1.807) is 0 Å². The van der Waals surface area contributed by atoms with Gasteiger partial charge in [-0.15, -0.1) is 0 Å². The number of ketones is 1. The predicted molar refractivity (Wildman–Crippen MR) is 149 cm³/mol. The molecule has 4 aliphatic carbocycles. The summed E-state index contributed by atoms with van der Waals surface area (Å²) in [6.07, 6.45) is 10.8. The lowest BCUT2D eigenvalue weighted by Crippen LogP contribution is -2.51. The fourth-order valence-corrected chi connectivity index (χ4v) is 9.41. The molecule has 0 spiro atoms. The van der Waals surface area contributed by atoms with E-state index in [0.29, 0.717) is 43.0 Å². The lowest BCUT2D eigenvalue weighted by atomic mass is 9.46. The minimum absolute atomic E-state index is 0.118. The standard InChI is InChI=1S/C31H47N3O5/c1-20(33-39-28(37)34(18-38-19-35)16-22-15-29(2,3)17-32-22)25-8-9-26-24-7-6-21-14-23(36)10-12-30(21,4)27(24)11-13-31(25,26)5/h14,19,22,24-27,32H,6-13,15-18H2,1-5H3/b33-20+/t22?,24-,25+,26-,27-,30-,31+/m0/s1. The second kappa shape index (κ2) is 10.6. The molecule has 4 fully saturated rings. The van der Waals surface area contributed by atoms with Crippen molar-refractivity contribution in [1.29, 1.82) is 0 Å². The Labute approximate surface area is 233 Å². The average Bonchev–Trinajstić information content (AvgIpc) is 3.43. The molecule has 3 saturated carbocycles. The number of carbonyl (C=O) groups excluding carboxylic acids is 3. The number of carbonyl (C=O) groups is 3. The summed E-state index contributed by atoms with van der Waals surface area (Å²) in [7, 11) is 0. The molecule has 5 aliphatic rings. The van der Waals surface area contributed by atoms with Gasteiger partial charge in [0.25, 0.3) is 6.47 Å². The normalized spacial score (nSPS) is 39.2. The van der Waals surface area contributed by atoms with Crippen LogP contribution in [0.5, 0.6) is 0 Å². The highest BCUT2D eigenvalue weighted by Crippen LogP contribution is 2.66. The van der Waals surface area contributed by atoms with Gasteiger partial charge in [0.15, 0.2) is 12.5 Å². The van der Waals surface area contributed by atoms with Gasteiger partial charge < -0.3 is 10.1 Å². The predicted octanol–water partition coefficient (Wildman–Crippen LogP) is 5.47. The Morgan fingerprint density at radius 2 is 1.92 bits per heavy atom. The Kier molecular flexibility index (Phi) is 7.72. The number of nitrogens with one attached hydrogen (secondary N) is 1. The maximum atomic E-state index is 13.0. The number of allylic oxidation sites excluding steroid dienone is 1. The molecular formula is C31H47N3O5. The molecule has 0 aromatic heterocycles. The van der Waals surface area contributed by atoms with Crippen LogP contribution in [-0.4, -0.2) is 54.8 Å². The van der Waals surface area contributed by atoms with Gasteiger partial charge in [-0.25, -0.2) is 4.79 Å². The molecule has 8 nitrogen and oxygen atoms in total. The first-order valence-corrected chi connectivity index (χ1v) is 15.0. The van der Waals surface area contributed by atoms with Crippen molar-refractivity contribution in [3.63, 3.8) is 0 Å². The number of nitrogens with zero attached hydrogens (tertiary/aromatic N) is 2. The highest BCUT2D eigenvalue weighted by atomic mass is 16.7. The van der Waals surface area contributed by atoms with Crippen molar-refractivity contribution in [2.24, 2.45) is 45.1 Å². The Bertz CT molecular complexity index is 1050. The first-order valence-electron chi connectivity index (χ1n) is 15.0. The smallest absolute Gasteiger partial charge is 0.438 e. The van der Waals surface area contributed by atoms with Crippen LogP contribution in [-0.2, 0) is 19.2 Å². The molecule has 1 aliphatic heterocycles. The second-order valence-electron chi connectivity index (χ2n) is 14.3. The van der Waals surface area contributed by atoms with Gasteiger partial charge in [0.2, 0.25) is 0 Å².